The third kappa shape index (κ3) is 18.5. The van der Waals surface area contributed by atoms with Crippen molar-refractivity contribution in [3.8, 4) is 0 Å². The zero-order valence-corrected chi connectivity index (χ0v) is 10.9. The van der Waals surface area contributed by atoms with Crippen LogP contribution in [0.1, 0.15) is 25.7 Å². The van der Waals surface area contributed by atoms with E-state index < -0.39 is 0 Å². The third-order valence-corrected chi connectivity index (χ3v) is 1.74. The van der Waals surface area contributed by atoms with Crippen molar-refractivity contribution >= 4 is 18.4 Å². The van der Waals surface area contributed by atoms with Crippen molar-refractivity contribution in [3.05, 3.63) is 25.3 Å². The molecule has 0 bridgehead atoms. The topological polar surface area (TPSA) is 89.9 Å². The molecule has 0 amide bonds. The van der Waals surface area contributed by atoms with Crippen LogP contribution in [0.2, 0.25) is 0 Å². The summed E-state index contributed by atoms with van der Waals surface area (Å²) in [5.41, 5.74) is 0. The summed E-state index contributed by atoms with van der Waals surface area (Å²) < 4.78 is 9.55. The highest BCUT2D eigenvalue weighted by Crippen LogP contribution is 2.02. The Hall–Kier alpha value is -2.11. The Morgan fingerprint density at radius 3 is 1.53 bits per heavy atom. The molecule has 6 nitrogen and oxygen atoms in total. The fraction of sp³-hybridized carbons (Fsp3) is 0.462. The third-order valence-electron chi connectivity index (χ3n) is 1.74. The number of carbonyl (C=O) groups excluding carboxylic acids is 2. The molecular weight excluding hydrogens is 252 g/mol. The molecule has 0 aliphatic rings. The molecular formula is C13H20O6. The van der Waals surface area contributed by atoms with Crippen LogP contribution in [0.5, 0.6) is 0 Å². The first-order chi connectivity index (χ1) is 9.12. The van der Waals surface area contributed by atoms with Gasteiger partial charge in [0.25, 0.3) is 6.47 Å². The van der Waals surface area contributed by atoms with Crippen LogP contribution in [0.15, 0.2) is 25.3 Å². The summed E-state index contributed by atoms with van der Waals surface area (Å²) >= 11 is 0. The molecule has 108 valence electrons. The van der Waals surface area contributed by atoms with E-state index in [4.69, 9.17) is 19.4 Å². The van der Waals surface area contributed by atoms with E-state index in [0.717, 1.165) is 0 Å². The quantitative estimate of drug-likeness (QED) is 0.297. The standard InChI is InChI=1S/C12H18O4.CH2O2/c1-3-9-15-11(13)7-5-6-8-12(14)16-10-4-2;2-1-3/h3-4H,1-2,5-10H2;1H,(H,2,3). The fourth-order valence-electron chi connectivity index (χ4n) is 0.987. The second-order valence-corrected chi connectivity index (χ2v) is 3.26. The summed E-state index contributed by atoms with van der Waals surface area (Å²) in [6.07, 6.45) is 4.93. The van der Waals surface area contributed by atoms with Crippen LogP contribution in [0.3, 0.4) is 0 Å². The molecule has 0 spiro atoms. The monoisotopic (exact) mass is 272 g/mol. The van der Waals surface area contributed by atoms with Gasteiger partial charge in [-0.3, -0.25) is 14.4 Å². The maximum Gasteiger partial charge on any atom is 0.306 e. The van der Waals surface area contributed by atoms with Gasteiger partial charge in [-0.25, -0.2) is 0 Å². The molecule has 6 heteroatoms. The number of esters is 2. The van der Waals surface area contributed by atoms with E-state index in [1.165, 1.54) is 12.2 Å². The van der Waals surface area contributed by atoms with Crippen molar-refractivity contribution in [2.45, 2.75) is 25.7 Å². The summed E-state index contributed by atoms with van der Waals surface area (Å²) in [6.45, 7) is 7.09. The molecule has 0 radical (unpaired) electrons. The Bertz CT molecular complexity index is 259. The predicted octanol–water partition coefficient (Wildman–Crippen LogP) is 1.71. The molecule has 0 saturated heterocycles. The molecule has 1 N–H and O–H groups in total. The first kappa shape index (κ1) is 19.2. The molecule has 0 aromatic carbocycles. The van der Waals surface area contributed by atoms with Gasteiger partial charge in [-0.1, -0.05) is 25.3 Å². The van der Waals surface area contributed by atoms with E-state index in [-0.39, 0.29) is 31.6 Å². The SMILES string of the molecule is C=CCOC(=O)CCCCC(=O)OCC=C.O=CO. The van der Waals surface area contributed by atoms with Crippen molar-refractivity contribution in [1.82, 2.24) is 0 Å². The summed E-state index contributed by atoms with van der Waals surface area (Å²) in [5.74, 6) is -0.529. The maximum absolute atomic E-state index is 11.0. The molecule has 0 heterocycles. The van der Waals surface area contributed by atoms with Gasteiger partial charge in [-0.05, 0) is 12.8 Å². The van der Waals surface area contributed by atoms with Gasteiger partial charge >= 0.3 is 11.9 Å². The van der Waals surface area contributed by atoms with Crippen LogP contribution in [0.4, 0.5) is 0 Å². The number of rotatable bonds is 9. The van der Waals surface area contributed by atoms with Crippen LogP contribution in [0, 0.1) is 0 Å². The Kier molecular flexibility index (Phi) is 16.1. The summed E-state index contributed by atoms with van der Waals surface area (Å²) in [7, 11) is 0. The lowest BCUT2D eigenvalue weighted by Crippen LogP contribution is -2.06. The van der Waals surface area contributed by atoms with Crippen LogP contribution in [0.25, 0.3) is 0 Å². The maximum atomic E-state index is 11.0. The van der Waals surface area contributed by atoms with Crippen molar-refractivity contribution in [2.75, 3.05) is 13.2 Å². The zero-order chi connectivity index (χ0) is 14.9. The molecule has 0 unspecified atom stereocenters. The highest BCUT2D eigenvalue weighted by molar-refractivity contribution is 5.70. The Morgan fingerprint density at radius 2 is 1.26 bits per heavy atom. The van der Waals surface area contributed by atoms with Crippen molar-refractivity contribution in [1.29, 1.82) is 0 Å². The number of ether oxygens (including phenoxy) is 2. The first-order valence-electron chi connectivity index (χ1n) is 5.73. The van der Waals surface area contributed by atoms with Gasteiger partial charge in [0.05, 0.1) is 0 Å². The predicted molar refractivity (Wildman–Crippen MR) is 69.5 cm³/mol. The van der Waals surface area contributed by atoms with E-state index in [1.807, 2.05) is 0 Å². The summed E-state index contributed by atoms with van der Waals surface area (Å²) in [6, 6.07) is 0. The van der Waals surface area contributed by atoms with E-state index in [1.54, 1.807) is 0 Å². The molecule has 0 rings (SSSR count). The minimum atomic E-state index is -0.264. The van der Waals surface area contributed by atoms with Crippen molar-refractivity contribution in [2.24, 2.45) is 0 Å². The van der Waals surface area contributed by atoms with Crippen LogP contribution < -0.4 is 0 Å². The molecule has 0 aliphatic heterocycles. The van der Waals surface area contributed by atoms with E-state index in [0.29, 0.717) is 25.7 Å². The number of hydrogen-bond acceptors (Lipinski definition) is 5. The van der Waals surface area contributed by atoms with Crippen molar-refractivity contribution in [3.63, 3.8) is 0 Å². The van der Waals surface area contributed by atoms with Crippen molar-refractivity contribution < 1.29 is 29.0 Å². The zero-order valence-electron chi connectivity index (χ0n) is 10.9. The van der Waals surface area contributed by atoms with Gasteiger partial charge in [0.15, 0.2) is 0 Å². The van der Waals surface area contributed by atoms with Crippen LogP contribution in [-0.2, 0) is 23.9 Å². The second-order valence-electron chi connectivity index (χ2n) is 3.26. The number of hydrogen-bond donors (Lipinski definition) is 1. The van der Waals surface area contributed by atoms with E-state index >= 15 is 0 Å². The summed E-state index contributed by atoms with van der Waals surface area (Å²) in [4.78, 5) is 30.4. The van der Waals surface area contributed by atoms with Gasteiger partial charge in [0.1, 0.15) is 13.2 Å². The second kappa shape index (κ2) is 15.9. The lowest BCUT2D eigenvalue weighted by molar-refractivity contribution is -0.144. The largest absolute Gasteiger partial charge is 0.483 e. The van der Waals surface area contributed by atoms with Gasteiger partial charge in [-0.2, -0.15) is 0 Å². The molecule has 0 saturated carbocycles. The Balaban J connectivity index is 0. The summed E-state index contributed by atoms with van der Waals surface area (Å²) in [5, 5.41) is 6.89. The molecule has 0 atom stereocenters. The van der Waals surface area contributed by atoms with Gasteiger partial charge in [-0.15, -0.1) is 0 Å². The average molecular weight is 272 g/mol. The molecule has 0 aliphatic carbocycles. The minimum absolute atomic E-state index is 0.236. The Labute approximate surface area is 112 Å². The fourth-order valence-corrected chi connectivity index (χ4v) is 0.987. The van der Waals surface area contributed by atoms with Crippen LogP contribution in [-0.4, -0.2) is 36.7 Å². The van der Waals surface area contributed by atoms with E-state index in [2.05, 4.69) is 13.2 Å². The van der Waals surface area contributed by atoms with Gasteiger partial charge < -0.3 is 14.6 Å². The molecule has 0 fully saturated rings. The number of carbonyl (C=O) groups is 3. The lowest BCUT2D eigenvalue weighted by Gasteiger charge is -2.02. The molecule has 0 aromatic heterocycles. The van der Waals surface area contributed by atoms with Gasteiger partial charge in [0, 0.05) is 12.8 Å². The normalized spacial score (nSPS) is 8.42. The van der Waals surface area contributed by atoms with Crippen LogP contribution >= 0.6 is 0 Å². The Morgan fingerprint density at radius 1 is 0.947 bits per heavy atom. The molecule has 0 aromatic rings. The smallest absolute Gasteiger partial charge is 0.306 e. The lowest BCUT2D eigenvalue weighted by atomic mass is 10.2. The number of carboxylic acid groups (broad SMARTS) is 1. The minimum Gasteiger partial charge on any atom is -0.483 e. The average Bonchev–Trinajstić information content (AvgIpc) is 2.39. The first-order valence-corrected chi connectivity index (χ1v) is 5.73. The molecule has 19 heavy (non-hydrogen) atoms. The highest BCUT2D eigenvalue weighted by Gasteiger charge is 2.04. The van der Waals surface area contributed by atoms with Gasteiger partial charge in [0.2, 0.25) is 0 Å². The highest BCUT2D eigenvalue weighted by atomic mass is 16.5. The van der Waals surface area contributed by atoms with E-state index in [9.17, 15) is 9.59 Å². The number of unbranched alkanes of at least 4 members (excludes halogenated alkanes) is 1.